The number of nitrogens with two attached hydrogens (primary N) is 1. The number of hydrogen-bond acceptors (Lipinski definition) is 5. The first kappa shape index (κ1) is 13.6. The van der Waals surface area contributed by atoms with Crippen LogP contribution in [0.3, 0.4) is 0 Å². The number of nitrogen functional groups attached to an aromatic ring is 1. The lowest BCUT2D eigenvalue weighted by Crippen LogP contribution is -1.97. The second kappa shape index (κ2) is 5.94. The number of nitrogens with one attached hydrogen (secondary N) is 1. The van der Waals surface area contributed by atoms with Gasteiger partial charge in [-0.1, -0.05) is 12.1 Å². The fourth-order valence-corrected chi connectivity index (χ4v) is 2.12. The molecule has 0 spiro atoms. The zero-order chi connectivity index (χ0) is 15.4. The van der Waals surface area contributed by atoms with Gasteiger partial charge in [0, 0.05) is 17.4 Å². The molecule has 0 atom stereocenters. The fraction of sp³-hybridized carbons (Fsp3) is 0. The number of hydrogen-bond donors (Lipinski definition) is 2. The maximum atomic E-state index is 8.87. The van der Waals surface area contributed by atoms with E-state index in [1.54, 1.807) is 24.4 Å². The van der Waals surface area contributed by atoms with E-state index in [-0.39, 0.29) is 0 Å². The Labute approximate surface area is 128 Å². The highest BCUT2D eigenvalue weighted by Gasteiger charge is 2.04. The highest BCUT2D eigenvalue weighted by atomic mass is 14.9. The first-order valence-electron chi connectivity index (χ1n) is 6.69. The van der Waals surface area contributed by atoms with Gasteiger partial charge in [-0.15, -0.1) is 0 Å². The average molecular weight is 287 g/mol. The number of anilines is 3. The molecule has 0 radical (unpaired) electrons. The molecule has 22 heavy (non-hydrogen) atoms. The highest BCUT2D eigenvalue weighted by Crippen LogP contribution is 2.26. The number of nitrogens with zero attached hydrogens (tertiary/aromatic N) is 3. The van der Waals surface area contributed by atoms with Crippen molar-refractivity contribution in [2.75, 3.05) is 11.1 Å². The van der Waals surface area contributed by atoms with Crippen molar-refractivity contribution in [3.63, 3.8) is 0 Å². The molecule has 5 nitrogen and oxygen atoms in total. The van der Waals surface area contributed by atoms with Crippen molar-refractivity contribution in [3.8, 4) is 17.3 Å². The van der Waals surface area contributed by atoms with Crippen LogP contribution in [0.2, 0.25) is 0 Å². The molecule has 3 rings (SSSR count). The molecule has 0 amide bonds. The SMILES string of the molecule is N#Cc1ccc(Nc2cccc(-c3ccncn3)c2)c(N)c1. The van der Waals surface area contributed by atoms with Gasteiger partial charge in [0.1, 0.15) is 6.33 Å². The van der Waals surface area contributed by atoms with Crippen molar-refractivity contribution in [3.05, 3.63) is 66.6 Å². The van der Waals surface area contributed by atoms with Crippen LogP contribution in [0.1, 0.15) is 5.56 Å². The van der Waals surface area contributed by atoms with E-state index < -0.39 is 0 Å². The third-order valence-corrected chi connectivity index (χ3v) is 3.20. The van der Waals surface area contributed by atoms with Crippen LogP contribution in [0.15, 0.2) is 61.1 Å². The topological polar surface area (TPSA) is 87.6 Å². The van der Waals surface area contributed by atoms with Crippen LogP contribution < -0.4 is 11.1 Å². The first-order valence-corrected chi connectivity index (χ1v) is 6.69. The van der Waals surface area contributed by atoms with E-state index in [2.05, 4.69) is 21.4 Å². The number of nitriles is 1. The Hall–Kier alpha value is -3.39. The Bertz CT molecular complexity index is 837. The lowest BCUT2D eigenvalue weighted by atomic mass is 10.1. The summed E-state index contributed by atoms with van der Waals surface area (Å²) in [6, 6.07) is 17.0. The quantitative estimate of drug-likeness (QED) is 0.721. The Kier molecular flexibility index (Phi) is 3.67. The van der Waals surface area contributed by atoms with Gasteiger partial charge >= 0.3 is 0 Å². The van der Waals surface area contributed by atoms with Gasteiger partial charge in [0.15, 0.2) is 0 Å². The second-order valence-electron chi connectivity index (χ2n) is 4.71. The molecule has 0 unspecified atom stereocenters. The maximum absolute atomic E-state index is 8.87. The summed E-state index contributed by atoms with van der Waals surface area (Å²) in [5, 5.41) is 12.1. The normalized spacial score (nSPS) is 9.95. The smallest absolute Gasteiger partial charge is 0.116 e. The fourth-order valence-electron chi connectivity index (χ4n) is 2.12. The summed E-state index contributed by atoms with van der Waals surface area (Å²) in [6.45, 7) is 0. The van der Waals surface area contributed by atoms with Crippen LogP contribution >= 0.6 is 0 Å². The molecule has 0 aliphatic carbocycles. The van der Waals surface area contributed by atoms with Crippen LogP contribution in [0.5, 0.6) is 0 Å². The maximum Gasteiger partial charge on any atom is 0.116 e. The van der Waals surface area contributed by atoms with E-state index in [9.17, 15) is 0 Å². The molecule has 0 bridgehead atoms. The minimum Gasteiger partial charge on any atom is -0.397 e. The van der Waals surface area contributed by atoms with E-state index in [0.29, 0.717) is 11.3 Å². The average Bonchev–Trinajstić information content (AvgIpc) is 2.58. The summed E-state index contributed by atoms with van der Waals surface area (Å²) in [5.74, 6) is 0. The summed E-state index contributed by atoms with van der Waals surface area (Å²) in [5.41, 5.74) is 10.5. The molecular weight excluding hydrogens is 274 g/mol. The third kappa shape index (κ3) is 2.86. The van der Waals surface area contributed by atoms with Crippen molar-refractivity contribution in [1.29, 1.82) is 5.26 Å². The predicted octanol–water partition coefficient (Wildman–Crippen LogP) is 3.34. The number of aromatic nitrogens is 2. The molecule has 1 aromatic heterocycles. The zero-order valence-corrected chi connectivity index (χ0v) is 11.7. The van der Waals surface area contributed by atoms with Gasteiger partial charge in [-0.05, 0) is 36.4 Å². The second-order valence-corrected chi connectivity index (χ2v) is 4.71. The summed E-state index contributed by atoms with van der Waals surface area (Å²) in [4.78, 5) is 8.16. The Morgan fingerprint density at radius 1 is 1.09 bits per heavy atom. The molecule has 0 saturated heterocycles. The summed E-state index contributed by atoms with van der Waals surface area (Å²) >= 11 is 0. The summed E-state index contributed by atoms with van der Waals surface area (Å²) in [7, 11) is 0. The zero-order valence-electron chi connectivity index (χ0n) is 11.7. The van der Waals surface area contributed by atoms with Crippen LogP contribution in [-0.2, 0) is 0 Å². The largest absolute Gasteiger partial charge is 0.397 e. The Balaban J connectivity index is 1.89. The van der Waals surface area contributed by atoms with Gasteiger partial charge in [0.2, 0.25) is 0 Å². The molecule has 0 aliphatic heterocycles. The standard InChI is InChI=1S/C17H13N5/c18-10-12-4-5-17(15(19)8-12)22-14-3-1-2-13(9-14)16-6-7-20-11-21-16/h1-9,11,22H,19H2. The minimum absolute atomic E-state index is 0.534. The minimum atomic E-state index is 0.534. The van der Waals surface area contributed by atoms with Crippen molar-refractivity contribution in [2.45, 2.75) is 0 Å². The Morgan fingerprint density at radius 2 is 2.00 bits per heavy atom. The van der Waals surface area contributed by atoms with Gasteiger partial charge in [-0.3, -0.25) is 0 Å². The number of rotatable bonds is 3. The molecule has 2 aromatic carbocycles. The van der Waals surface area contributed by atoms with Gasteiger partial charge in [0.05, 0.1) is 28.7 Å². The van der Waals surface area contributed by atoms with E-state index in [4.69, 9.17) is 11.0 Å². The predicted molar refractivity (Wildman–Crippen MR) is 86.3 cm³/mol. The highest BCUT2D eigenvalue weighted by molar-refractivity contribution is 5.76. The van der Waals surface area contributed by atoms with Crippen molar-refractivity contribution in [1.82, 2.24) is 9.97 Å². The van der Waals surface area contributed by atoms with E-state index in [1.165, 1.54) is 6.33 Å². The lowest BCUT2D eigenvalue weighted by molar-refractivity contribution is 1.17. The molecule has 0 fully saturated rings. The van der Waals surface area contributed by atoms with E-state index in [1.807, 2.05) is 30.3 Å². The number of benzene rings is 2. The van der Waals surface area contributed by atoms with Gasteiger partial charge in [-0.25, -0.2) is 9.97 Å². The molecule has 3 N–H and O–H groups in total. The van der Waals surface area contributed by atoms with Crippen LogP contribution in [-0.4, -0.2) is 9.97 Å². The molecular formula is C17H13N5. The molecule has 5 heteroatoms. The lowest BCUT2D eigenvalue weighted by Gasteiger charge is -2.10. The Morgan fingerprint density at radius 3 is 2.73 bits per heavy atom. The first-order chi connectivity index (χ1) is 10.8. The van der Waals surface area contributed by atoms with Crippen molar-refractivity contribution >= 4 is 17.1 Å². The van der Waals surface area contributed by atoms with Gasteiger partial charge < -0.3 is 11.1 Å². The van der Waals surface area contributed by atoms with E-state index >= 15 is 0 Å². The van der Waals surface area contributed by atoms with Crippen LogP contribution in [0.4, 0.5) is 17.1 Å². The van der Waals surface area contributed by atoms with Gasteiger partial charge in [-0.2, -0.15) is 5.26 Å². The summed E-state index contributed by atoms with van der Waals surface area (Å²) in [6.07, 6.45) is 3.23. The monoisotopic (exact) mass is 287 g/mol. The van der Waals surface area contributed by atoms with E-state index in [0.717, 1.165) is 22.6 Å². The third-order valence-electron chi connectivity index (χ3n) is 3.20. The molecule has 106 valence electrons. The van der Waals surface area contributed by atoms with Crippen LogP contribution in [0, 0.1) is 11.3 Å². The van der Waals surface area contributed by atoms with Gasteiger partial charge in [0.25, 0.3) is 0 Å². The van der Waals surface area contributed by atoms with Crippen molar-refractivity contribution < 1.29 is 0 Å². The molecule has 0 aliphatic rings. The summed E-state index contributed by atoms with van der Waals surface area (Å²) < 4.78 is 0. The van der Waals surface area contributed by atoms with Crippen LogP contribution in [0.25, 0.3) is 11.3 Å². The molecule has 3 aromatic rings. The molecule has 0 saturated carbocycles. The van der Waals surface area contributed by atoms with Crippen molar-refractivity contribution in [2.24, 2.45) is 0 Å². The molecule has 1 heterocycles.